The molecule has 0 radical (unpaired) electrons. The van der Waals surface area contributed by atoms with Crippen molar-refractivity contribution in [3.8, 4) is 5.75 Å². The molecule has 2 atom stereocenters. The summed E-state index contributed by atoms with van der Waals surface area (Å²) in [7, 11) is 0. The topological polar surface area (TPSA) is 161 Å². The first-order chi connectivity index (χ1) is 17.7. The van der Waals surface area contributed by atoms with E-state index in [2.05, 4.69) is 9.69 Å². The fourth-order valence-corrected chi connectivity index (χ4v) is 4.96. The van der Waals surface area contributed by atoms with Gasteiger partial charge in [-0.3, -0.25) is 19.3 Å². The lowest BCUT2D eigenvalue weighted by Crippen LogP contribution is -2.45. The molecule has 37 heavy (non-hydrogen) atoms. The maximum atomic E-state index is 14.0. The van der Waals surface area contributed by atoms with Crippen LogP contribution in [-0.4, -0.2) is 46.5 Å². The molecular formula is C25H26ClN5O5S. The van der Waals surface area contributed by atoms with Crippen LogP contribution in [0.4, 0.5) is 11.4 Å². The van der Waals surface area contributed by atoms with Crippen LogP contribution in [0, 0.1) is 6.92 Å². The van der Waals surface area contributed by atoms with Gasteiger partial charge in [-0.1, -0.05) is 29.8 Å². The minimum atomic E-state index is -1.19. The number of amides is 3. The second-order valence-electron chi connectivity index (χ2n) is 8.62. The molecule has 2 heterocycles. The third-order valence-electron chi connectivity index (χ3n) is 6.05. The molecule has 1 saturated heterocycles. The summed E-state index contributed by atoms with van der Waals surface area (Å²) in [5.41, 5.74) is 12.5. The molecular weight excluding hydrogens is 518 g/mol. The molecule has 194 valence electrons. The van der Waals surface area contributed by atoms with Gasteiger partial charge in [0.1, 0.15) is 16.7 Å². The van der Waals surface area contributed by atoms with E-state index in [-0.39, 0.29) is 34.7 Å². The number of nitrogens with zero attached hydrogens (tertiary/aromatic N) is 2. The summed E-state index contributed by atoms with van der Waals surface area (Å²) in [4.78, 5) is 40.6. The number of nitrogens with one attached hydrogen (secondary N) is 1. The molecule has 1 aliphatic rings. The Morgan fingerprint density at radius 3 is 2.59 bits per heavy atom. The van der Waals surface area contributed by atoms with E-state index in [1.807, 2.05) is 6.92 Å². The summed E-state index contributed by atoms with van der Waals surface area (Å²) in [5.74, 6) is -2.03. The summed E-state index contributed by atoms with van der Waals surface area (Å²) in [6.45, 7) is 2.70. The van der Waals surface area contributed by atoms with E-state index < -0.39 is 23.8 Å². The Kier molecular flexibility index (Phi) is 7.96. The Bertz CT molecular complexity index is 1320. The van der Waals surface area contributed by atoms with Crippen molar-refractivity contribution in [2.75, 3.05) is 23.8 Å². The van der Waals surface area contributed by atoms with E-state index in [0.717, 1.165) is 18.4 Å². The minimum absolute atomic E-state index is 0.00341. The van der Waals surface area contributed by atoms with Gasteiger partial charge in [-0.25, -0.2) is 0 Å². The number of nitrogens with two attached hydrogens (primary N) is 2. The highest BCUT2D eigenvalue weighted by molar-refractivity contribution is 7.09. The van der Waals surface area contributed by atoms with Crippen molar-refractivity contribution in [3.63, 3.8) is 0 Å². The summed E-state index contributed by atoms with van der Waals surface area (Å²) in [5, 5.41) is 13.1. The lowest BCUT2D eigenvalue weighted by Gasteiger charge is -2.32. The number of phenolic OH excluding ortho intramolecular Hbond substituents is 1. The predicted molar refractivity (Wildman–Crippen MR) is 141 cm³/mol. The van der Waals surface area contributed by atoms with Gasteiger partial charge in [0.15, 0.2) is 5.69 Å². The van der Waals surface area contributed by atoms with Crippen LogP contribution >= 0.6 is 23.1 Å². The molecule has 3 aromatic rings. The third kappa shape index (κ3) is 5.68. The quantitative estimate of drug-likeness (QED) is 0.339. The van der Waals surface area contributed by atoms with E-state index in [4.69, 9.17) is 27.8 Å². The number of halogens is 1. The van der Waals surface area contributed by atoms with E-state index in [1.54, 1.807) is 30.3 Å². The summed E-state index contributed by atoms with van der Waals surface area (Å²) in [6, 6.07) is 9.71. The van der Waals surface area contributed by atoms with Gasteiger partial charge in [-0.2, -0.15) is 4.37 Å². The molecule has 4 rings (SSSR count). The number of rotatable bonds is 8. The van der Waals surface area contributed by atoms with Crippen LogP contribution in [0.3, 0.4) is 0 Å². The Morgan fingerprint density at radius 2 is 2.00 bits per heavy atom. The van der Waals surface area contributed by atoms with Crippen LogP contribution < -0.4 is 21.7 Å². The fourth-order valence-electron chi connectivity index (χ4n) is 4.04. The molecule has 1 fully saturated rings. The van der Waals surface area contributed by atoms with Crippen molar-refractivity contribution in [2.45, 2.75) is 31.9 Å². The molecule has 0 bridgehead atoms. The van der Waals surface area contributed by atoms with Crippen molar-refractivity contribution in [1.82, 2.24) is 9.69 Å². The average molecular weight is 544 g/mol. The molecule has 0 spiro atoms. The Hall–Kier alpha value is -3.67. The monoisotopic (exact) mass is 543 g/mol. The number of phenols is 1. The molecule has 10 nitrogen and oxygen atoms in total. The van der Waals surface area contributed by atoms with Gasteiger partial charge in [0.05, 0.1) is 11.8 Å². The first-order valence-corrected chi connectivity index (χ1v) is 12.7. The second-order valence-corrected chi connectivity index (χ2v) is 9.80. The Morgan fingerprint density at radius 1 is 1.27 bits per heavy atom. The van der Waals surface area contributed by atoms with E-state index in [0.29, 0.717) is 34.4 Å². The number of aryl methyl sites for hydroxylation is 1. The molecule has 3 amide bonds. The van der Waals surface area contributed by atoms with Gasteiger partial charge >= 0.3 is 0 Å². The van der Waals surface area contributed by atoms with Gasteiger partial charge in [-0.15, -0.1) is 0 Å². The second kappa shape index (κ2) is 11.2. The molecule has 2 aromatic carbocycles. The van der Waals surface area contributed by atoms with E-state index in [1.165, 1.54) is 17.0 Å². The SMILES string of the molecule is Cc1ccc(N(C(=O)c2snc(C(N)=O)c2N)[C@@H](C(=O)NC[C@H]2CCCO2)c2ccc(O)cc2)cc1Cl. The average Bonchev–Trinajstić information content (AvgIpc) is 3.53. The molecule has 1 aromatic heterocycles. The number of hydrogen-bond acceptors (Lipinski definition) is 8. The van der Waals surface area contributed by atoms with Crippen LogP contribution in [-0.2, 0) is 9.53 Å². The molecule has 0 saturated carbocycles. The normalized spacial score (nSPS) is 15.8. The lowest BCUT2D eigenvalue weighted by atomic mass is 10.0. The van der Waals surface area contributed by atoms with Crippen LogP contribution in [0.25, 0.3) is 0 Å². The number of aromatic hydroxyl groups is 1. The summed E-state index contributed by atoms with van der Waals surface area (Å²) >= 11 is 7.11. The van der Waals surface area contributed by atoms with Crippen LogP contribution in [0.5, 0.6) is 5.75 Å². The van der Waals surface area contributed by atoms with Crippen LogP contribution in [0.15, 0.2) is 42.5 Å². The van der Waals surface area contributed by atoms with Gasteiger partial charge in [0.2, 0.25) is 5.91 Å². The standard InChI is InChI=1S/C25H26ClN5O5S/c1-13-4-7-15(11-18(13)26)31(25(35)22-19(27)20(23(28)33)30-37-22)21(14-5-8-16(32)9-6-14)24(34)29-12-17-3-2-10-36-17/h4-9,11,17,21,32H,2-3,10,12,27H2,1H3,(H2,28,33)(H,29,34)/t17-,21-/m1/s1. The lowest BCUT2D eigenvalue weighted by molar-refractivity contribution is -0.123. The highest BCUT2D eigenvalue weighted by Gasteiger charge is 2.36. The van der Waals surface area contributed by atoms with Gasteiger partial charge in [0.25, 0.3) is 11.8 Å². The number of benzene rings is 2. The number of nitrogen functional groups attached to an aromatic ring is 1. The molecule has 1 aliphatic heterocycles. The van der Waals surface area contributed by atoms with E-state index >= 15 is 0 Å². The number of aromatic nitrogens is 1. The summed E-state index contributed by atoms with van der Waals surface area (Å²) in [6.07, 6.45) is 1.59. The van der Waals surface area contributed by atoms with Gasteiger partial charge < -0.3 is 26.6 Å². The first-order valence-electron chi connectivity index (χ1n) is 11.5. The fraction of sp³-hybridized carbons (Fsp3) is 0.280. The first kappa shape index (κ1) is 26.4. The van der Waals surface area contributed by atoms with Crippen LogP contribution in [0.2, 0.25) is 5.02 Å². The molecule has 0 aliphatic carbocycles. The highest BCUT2D eigenvalue weighted by Crippen LogP contribution is 2.35. The highest BCUT2D eigenvalue weighted by atomic mass is 35.5. The molecule has 0 unspecified atom stereocenters. The Balaban J connectivity index is 1.82. The van der Waals surface area contributed by atoms with Gasteiger partial charge in [-0.05, 0) is 66.7 Å². The van der Waals surface area contributed by atoms with Crippen molar-refractivity contribution < 1.29 is 24.2 Å². The van der Waals surface area contributed by atoms with Crippen molar-refractivity contribution in [2.24, 2.45) is 5.73 Å². The minimum Gasteiger partial charge on any atom is -0.508 e. The van der Waals surface area contributed by atoms with Crippen LogP contribution in [0.1, 0.15) is 50.2 Å². The zero-order valence-electron chi connectivity index (χ0n) is 19.9. The number of carbonyl (C=O) groups is 3. The maximum absolute atomic E-state index is 14.0. The van der Waals surface area contributed by atoms with Crippen molar-refractivity contribution in [1.29, 1.82) is 0 Å². The molecule has 12 heteroatoms. The number of carbonyl (C=O) groups excluding carboxylic acids is 3. The van der Waals surface area contributed by atoms with E-state index in [9.17, 15) is 19.5 Å². The summed E-state index contributed by atoms with van der Waals surface area (Å²) < 4.78 is 9.56. The number of hydrogen-bond donors (Lipinski definition) is 4. The number of ether oxygens (including phenoxy) is 1. The largest absolute Gasteiger partial charge is 0.508 e. The predicted octanol–water partition coefficient (Wildman–Crippen LogP) is 3.17. The Labute approximate surface area is 222 Å². The number of primary amides is 1. The number of anilines is 2. The van der Waals surface area contributed by atoms with Gasteiger partial charge in [0, 0.05) is 23.9 Å². The third-order valence-corrected chi connectivity index (χ3v) is 7.31. The van der Waals surface area contributed by atoms with Crippen molar-refractivity contribution in [3.05, 3.63) is 69.2 Å². The smallest absolute Gasteiger partial charge is 0.273 e. The zero-order valence-corrected chi connectivity index (χ0v) is 21.5. The van der Waals surface area contributed by atoms with Crippen molar-refractivity contribution >= 4 is 52.2 Å². The maximum Gasteiger partial charge on any atom is 0.273 e. The molecule has 6 N–H and O–H groups in total. The zero-order chi connectivity index (χ0) is 26.7.